The predicted octanol–water partition coefficient (Wildman–Crippen LogP) is 0.0132. The fourth-order valence-corrected chi connectivity index (χ4v) is 1.47. The van der Waals surface area contributed by atoms with E-state index in [0.717, 1.165) is 24.1 Å². The summed E-state index contributed by atoms with van der Waals surface area (Å²) >= 11 is 0. The van der Waals surface area contributed by atoms with Crippen LogP contribution in [0.5, 0.6) is 0 Å². The monoisotopic (exact) mass is 206 g/mol. The third-order valence-electron chi connectivity index (χ3n) is 2.21. The molecule has 0 aliphatic rings. The summed E-state index contributed by atoms with van der Waals surface area (Å²) in [7, 11) is 0. The van der Waals surface area contributed by atoms with Crippen LogP contribution < -0.4 is 5.32 Å². The lowest BCUT2D eigenvalue weighted by Gasteiger charge is -2.03. The van der Waals surface area contributed by atoms with Crippen molar-refractivity contribution in [2.24, 2.45) is 0 Å². The van der Waals surface area contributed by atoms with E-state index < -0.39 is 0 Å². The highest BCUT2D eigenvalue weighted by Crippen LogP contribution is 2.08. The molecule has 0 fully saturated rings. The average Bonchev–Trinajstić information content (AvgIpc) is 2.68. The van der Waals surface area contributed by atoms with Crippen molar-refractivity contribution in [2.75, 3.05) is 19.7 Å². The van der Waals surface area contributed by atoms with Crippen molar-refractivity contribution in [1.29, 1.82) is 0 Å². The molecule has 0 aliphatic heterocycles. The molecule has 2 N–H and O–H groups in total. The second kappa shape index (κ2) is 4.86. The molecule has 2 aromatic rings. The number of benzene rings is 1. The topological polar surface area (TPSA) is 63.0 Å². The highest BCUT2D eigenvalue weighted by atomic mass is 16.3. The number of aromatic nitrogens is 3. The number of aliphatic hydroxyl groups is 1. The maximum absolute atomic E-state index is 8.60. The van der Waals surface area contributed by atoms with Gasteiger partial charge >= 0.3 is 0 Å². The lowest BCUT2D eigenvalue weighted by Crippen LogP contribution is -2.23. The number of nitrogens with one attached hydrogen (secondary N) is 1. The maximum Gasteiger partial charge on any atom is 0.113 e. The van der Waals surface area contributed by atoms with Crippen molar-refractivity contribution in [3.63, 3.8) is 0 Å². The Labute approximate surface area is 87.7 Å². The van der Waals surface area contributed by atoms with Crippen LogP contribution in [0.1, 0.15) is 0 Å². The quantitative estimate of drug-likeness (QED) is 0.677. The predicted molar refractivity (Wildman–Crippen MR) is 57.5 cm³/mol. The molecule has 1 heterocycles. The van der Waals surface area contributed by atoms with Gasteiger partial charge in [0.05, 0.1) is 18.7 Å². The number of hydrogen-bond donors (Lipinski definition) is 2. The second-order valence-corrected chi connectivity index (χ2v) is 3.27. The van der Waals surface area contributed by atoms with Crippen LogP contribution in [0.2, 0.25) is 0 Å². The maximum atomic E-state index is 8.60. The van der Waals surface area contributed by atoms with E-state index in [0.29, 0.717) is 6.54 Å². The molecule has 0 unspecified atom stereocenters. The third kappa shape index (κ3) is 2.31. The Morgan fingerprint density at radius 2 is 2.13 bits per heavy atom. The number of aliphatic hydroxyl groups excluding tert-OH is 1. The molecule has 0 saturated heterocycles. The van der Waals surface area contributed by atoms with Gasteiger partial charge in [-0.05, 0) is 12.1 Å². The molecule has 15 heavy (non-hydrogen) atoms. The van der Waals surface area contributed by atoms with Gasteiger partial charge in [-0.1, -0.05) is 17.3 Å². The van der Waals surface area contributed by atoms with E-state index in [1.807, 2.05) is 28.9 Å². The van der Waals surface area contributed by atoms with Gasteiger partial charge in [0.1, 0.15) is 5.52 Å². The Balaban J connectivity index is 2.02. The van der Waals surface area contributed by atoms with Crippen LogP contribution >= 0.6 is 0 Å². The average molecular weight is 206 g/mol. The summed E-state index contributed by atoms with van der Waals surface area (Å²) in [6, 6.07) is 7.87. The molecule has 5 heteroatoms. The Morgan fingerprint density at radius 1 is 1.27 bits per heavy atom. The summed E-state index contributed by atoms with van der Waals surface area (Å²) < 4.78 is 1.86. The lowest BCUT2D eigenvalue weighted by molar-refractivity contribution is 0.291. The van der Waals surface area contributed by atoms with Gasteiger partial charge in [-0.15, -0.1) is 5.10 Å². The molecule has 0 saturated carbocycles. The van der Waals surface area contributed by atoms with E-state index in [9.17, 15) is 0 Å². The van der Waals surface area contributed by atoms with E-state index in [1.54, 1.807) is 0 Å². The van der Waals surface area contributed by atoms with Gasteiger partial charge in [-0.25, -0.2) is 4.68 Å². The van der Waals surface area contributed by atoms with Crippen LogP contribution in [-0.4, -0.2) is 39.8 Å². The highest BCUT2D eigenvalue weighted by molar-refractivity contribution is 5.73. The molecule has 0 spiro atoms. The Kier molecular flexibility index (Phi) is 3.26. The first-order chi connectivity index (χ1) is 7.42. The summed E-state index contributed by atoms with van der Waals surface area (Å²) in [5.74, 6) is 0. The second-order valence-electron chi connectivity index (χ2n) is 3.27. The molecule has 1 aromatic heterocycles. The molecular formula is C10H14N4O. The Morgan fingerprint density at radius 3 is 3.00 bits per heavy atom. The van der Waals surface area contributed by atoms with Gasteiger partial charge in [0.25, 0.3) is 0 Å². The van der Waals surface area contributed by atoms with E-state index in [-0.39, 0.29) is 6.61 Å². The molecule has 2 rings (SSSR count). The molecule has 0 bridgehead atoms. The van der Waals surface area contributed by atoms with E-state index in [4.69, 9.17) is 5.11 Å². The fourth-order valence-electron chi connectivity index (χ4n) is 1.47. The van der Waals surface area contributed by atoms with Gasteiger partial charge in [-0.2, -0.15) is 0 Å². The van der Waals surface area contributed by atoms with Crippen LogP contribution in [0.15, 0.2) is 24.3 Å². The van der Waals surface area contributed by atoms with E-state index in [1.165, 1.54) is 0 Å². The standard InChI is InChI=1S/C10H14N4O/c15-8-6-11-5-7-14-10-4-2-1-3-9(10)12-13-14/h1-4,11,15H,5-8H2. The number of fused-ring (bicyclic) bond motifs is 1. The number of para-hydroxylation sites is 1. The molecule has 5 nitrogen and oxygen atoms in total. The minimum Gasteiger partial charge on any atom is -0.395 e. The van der Waals surface area contributed by atoms with Crippen LogP contribution in [-0.2, 0) is 6.54 Å². The first kappa shape index (κ1) is 10.1. The number of nitrogens with zero attached hydrogens (tertiary/aromatic N) is 3. The van der Waals surface area contributed by atoms with Crippen molar-refractivity contribution >= 4 is 11.0 Å². The summed E-state index contributed by atoms with van der Waals surface area (Å²) in [5, 5.41) is 19.8. The highest BCUT2D eigenvalue weighted by Gasteiger charge is 2.01. The van der Waals surface area contributed by atoms with Gasteiger partial charge in [0.2, 0.25) is 0 Å². The zero-order chi connectivity index (χ0) is 10.5. The summed E-state index contributed by atoms with van der Waals surface area (Å²) in [6.07, 6.45) is 0. The van der Waals surface area contributed by atoms with Crippen molar-refractivity contribution in [3.8, 4) is 0 Å². The van der Waals surface area contributed by atoms with E-state index in [2.05, 4.69) is 15.6 Å². The van der Waals surface area contributed by atoms with E-state index >= 15 is 0 Å². The summed E-state index contributed by atoms with van der Waals surface area (Å²) in [6.45, 7) is 2.33. The van der Waals surface area contributed by atoms with Crippen molar-refractivity contribution in [2.45, 2.75) is 6.54 Å². The van der Waals surface area contributed by atoms with Crippen LogP contribution in [0, 0.1) is 0 Å². The number of rotatable bonds is 5. The lowest BCUT2D eigenvalue weighted by atomic mass is 10.3. The molecule has 1 aromatic carbocycles. The van der Waals surface area contributed by atoms with Crippen molar-refractivity contribution < 1.29 is 5.11 Å². The zero-order valence-corrected chi connectivity index (χ0v) is 8.43. The third-order valence-corrected chi connectivity index (χ3v) is 2.21. The molecular weight excluding hydrogens is 192 g/mol. The van der Waals surface area contributed by atoms with Gasteiger partial charge in [-0.3, -0.25) is 0 Å². The minimum absolute atomic E-state index is 0.165. The summed E-state index contributed by atoms with van der Waals surface area (Å²) in [4.78, 5) is 0. The smallest absolute Gasteiger partial charge is 0.113 e. The number of hydrogen-bond acceptors (Lipinski definition) is 4. The molecule has 80 valence electrons. The Hall–Kier alpha value is -1.46. The largest absolute Gasteiger partial charge is 0.395 e. The van der Waals surface area contributed by atoms with Gasteiger partial charge < -0.3 is 10.4 Å². The minimum atomic E-state index is 0.165. The molecule has 0 radical (unpaired) electrons. The molecule has 0 amide bonds. The SMILES string of the molecule is OCCNCCn1nnc2ccccc21. The first-order valence-electron chi connectivity index (χ1n) is 5.01. The van der Waals surface area contributed by atoms with Crippen LogP contribution in [0.4, 0.5) is 0 Å². The molecule has 0 aliphatic carbocycles. The normalized spacial score (nSPS) is 11.0. The Bertz CT molecular complexity index is 426. The van der Waals surface area contributed by atoms with Gasteiger partial charge in [0, 0.05) is 13.1 Å². The zero-order valence-electron chi connectivity index (χ0n) is 8.43. The summed E-state index contributed by atoms with van der Waals surface area (Å²) in [5.41, 5.74) is 1.96. The van der Waals surface area contributed by atoms with Crippen LogP contribution in [0.25, 0.3) is 11.0 Å². The fraction of sp³-hybridized carbons (Fsp3) is 0.400. The van der Waals surface area contributed by atoms with Crippen LogP contribution in [0.3, 0.4) is 0 Å². The van der Waals surface area contributed by atoms with Gasteiger partial charge in [0.15, 0.2) is 0 Å². The first-order valence-corrected chi connectivity index (χ1v) is 5.01. The molecule has 0 atom stereocenters. The van der Waals surface area contributed by atoms with Crippen molar-refractivity contribution in [1.82, 2.24) is 20.3 Å². The van der Waals surface area contributed by atoms with Crippen molar-refractivity contribution in [3.05, 3.63) is 24.3 Å².